The van der Waals surface area contributed by atoms with E-state index in [1.165, 1.54) is 0 Å². The lowest BCUT2D eigenvalue weighted by molar-refractivity contribution is -0.131. The van der Waals surface area contributed by atoms with Gasteiger partial charge in [0.15, 0.2) is 0 Å². The Balaban J connectivity index is 2.35. The zero-order valence-electron chi connectivity index (χ0n) is 8.16. The summed E-state index contributed by atoms with van der Waals surface area (Å²) in [4.78, 5) is 13.4. The van der Waals surface area contributed by atoms with Crippen LogP contribution in [-0.4, -0.2) is 43.2 Å². The largest absolute Gasteiger partial charge is 0.380 e. The van der Waals surface area contributed by atoms with Crippen LogP contribution in [0.15, 0.2) is 0 Å². The van der Waals surface area contributed by atoms with E-state index in [-0.39, 0.29) is 11.9 Å². The molecule has 1 aliphatic heterocycles. The van der Waals surface area contributed by atoms with Gasteiger partial charge in [-0.15, -0.1) is 0 Å². The molecule has 0 radical (unpaired) electrons. The number of hydrogen-bond acceptors (Lipinski definition) is 3. The molecule has 1 unspecified atom stereocenters. The Morgan fingerprint density at radius 3 is 3.00 bits per heavy atom. The fourth-order valence-corrected chi connectivity index (χ4v) is 1.40. The van der Waals surface area contributed by atoms with Crippen molar-refractivity contribution in [2.45, 2.75) is 25.8 Å². The summed E-state index contributed by atoms with van der Waals surface area (Å²) in [6, 6.07) is -0.0447. The maximum atomic E-state index is 11.6. The van der Waals surface area contributed by atoms with Crippen molar-refractivity contribution in [3.63, 3.8) is 0 Å². The molecular weight excluding hydrogens is 168 g/mol. The van der Waals surface area contributed by atoms with Crippen molar-refractivity contribution in [2.75, 3.05) is 26.3 Å². The minimum Gasteiger partial charge on any atom is -0.380 e. The third kappa shape index (κ3) is 3.74. The summed E-state index contributed by atoms with van der Waals surface area (Å²) in [6.45, 7) is 4.80. The summed E-state index contributed by atoms with van der Waals surface area (Å²) in [5, 5.41) is 0. The summed E-state index contributed by atoms with van der Waals surface area (Å²) >= 11 is 0. The molecule has 76 valence electrons. The van der Waals surface area contributed by atoms with Gasteiger partial charge in [-0.05, 0) is 13.3 Å². The van der Waals surface area contributed by atoms with Crippen LogP contribution in [0, 0.1) is 0 Å². The predicted octanol–water partition coefficient (Wildman–Crippen LogP) is -0.0274. The lowest BCUT2D eigenvalue weighted by Crippen LogP contribution is -2.36. The highest BCUT2D eigenvalue weighted by Crippen LogP contribution is 2.02. The fraction of sp³-hybridized carbons (Fsp3) is 0.889. The number of nitrogens with two attached hydrogens (primary N) is 1. The Bertz CT molecular complexity index is 163. The van der Waals surface area contributed by atoms with E-state index >= 15 is 0 Å². The number of hydrogen-bond donors (Lipinski definition) is 1. The first-order chi connectivity index (χ1) is 6.20. The molecule has 0 aromatic carbocycles. The number of carbonyl (C=O) groups is 1. The lowest BCUT2D eigenvalue weighted by Gasteiger charge is -2.20. The average Bonchev–Trinajstić information content (AvgIpc) is 2.29. The van der Waals surface area contributed by atoms with Gasteiger partial charge in [0, 0.05) is 32.2 Å². The van der Waals surface area contributed by atoms with Crippen LogP contribution in [0.1, 0.15) is 19.8 Å². The number of nitrogens with zero attached hydrogens (tertiary/aromatic N) is 1. The Morgan fingerprint density at radius 1 is 1.54 bits per heavy atom. The molecule has 0 bridgehead atoms. The zero-order valence-corrected chi connectivity index (χ0v) is 8.16. The van der Waals surface area contributed by atoms with Crippen molar-refractivity contribution in [3.05, 3.63) is 0 Å². The summed E-state index contributed by atoms with van der Waals surface area (Å²) in [5.74, 6) is 0.153. The molecule has 1 rings (SSSR count). The average molecular weight is 186 g/mol. The third-order valence-corrected chi connectivity index (χ3v) is 2.07. The van der Waals surface area contributed by atoms with Crippen molar-refractivity contribution in [1.82, 2.24) is 4.90 Å². The molecule has 13 heavy (non-hydrogen) atoms. The van der Waals surface area contributed by atoms with Crippen LogP contribution in [0.25, 0.3) is 0 Å². The topological polar surface area (TPSA) is 55.6 Å². The normalized spacial score (nSPS) is 20.9. The van der Waals surface area contributed by atoms with Crippen molar-refractivity contribution in [1.29, 1.82) is 0 Å². The smallest absolute Gasteiger partial charge is 0.224 e. The second-order valence-electron chi connectivity index (χ2n) is 3.53. The van der Waals surface area contributed by atoms with Gasteiger partial charge in [-0.3, -0.25) is 4.79 Å². The molecule has 4 heteroatoms. The minimum atomic E-state index is -0.0447. The van der Waals surface area contributed by atoms with Crippen molar-refractivity contribution < 1.29 is 9.53 Å². The van der Waals surface area contributed by atoms with Gasteiger partial charge >= 0.3 is 0 Å². The van der Waals surface area contributed by atoms with E-state index < -0.39 is 0 Å². The standard InChI is InChI=1S/C9H18N2O2/c1-8(10)7-9(12)11-3-2-5-13-6-4-11/h8H,2-7,10H2,1H3. The quantitative estimate of drug-likeness (QED) is 0.659. The molecule has 1 heterocycles. The molecule has 1 amide bonds. The minimum absolute atomic E-state index is 0.0447. The summed E-state index contributed by atoms with van der Waals surface area (Å²) in [5.41, 5.74) is 5.56. The fourth-order valence-electron chi connectivity index (χ4n) is 1.40. The molecule has 4 nitrogen and oxygen atoms in total. The maximum absolute atomic E-state index is 11.6. The molecule has 0 saturated carbocycles. The van der Waals surface area contributed by atoms with Crippen LogP contribution in [0.4, 0.5) is 0 Å². The molecule has 0 aromatic rings. The van der Waals surface area contributed by atoms with Crippen molar-refractivity contribution in [3.8, 4) is 0 Å². The first-order valence-electron chi connectivity index (χ1n) is 4.81. The van der Waals surface area contributed by atoms with E-state index in [2.05, 4.69) is 0 Å². The molecule has 2 N–H and O–H groups in total. The molecule has 1 atom stereocenters. The second-order valence-corrected chi connectivity index (χ2v) is 3.53. The van der Waals surface area contributed by atoms with Gasteiger partial charge < -0.3 is 15.4 Å². The molecule has 0 aliphatic carbocycles. The van der Waals surface area contributed by atoms with E-state index in [1.807, 2.05) is 11.8 Å². The van der Waals surface area contributed by atoms with E-state index in [0.29, 0.717) is 19.6 Å². The van der Waals surface area contributed by atoms with Crippen LogP contribution in [0.2, 0.25) is 0 Å². The van der Waals surface area contributed by atoms with Gasteiger partial charge in [-0.2, -0.15) is 0 Å². The molecular formula is C9H18N2O2. The molecule has 0 aromatic heterocycles. The molecule has 1 fully saturated rings. The van der Waals surface area contributed by atoms with Crippen molar-refractivity contribution in [2.24, 2.45) is 5.73 Å². The number of ether oxygens (including phenoxy) is 1. The molecule has 0 spiro atoms. The molecule has 1 saturated heterocycles. The Hall–Kier alpha value is -0.610. The van der Waals surface area contributed by atoms with Gasteiger partial charge in [0.1, 0.15) is 0 Å². The van der Waals surface area contributed by atoms with E-state index in [0.717, 1.165) is 19.6 Å². The summed E-state index contributed by atoms with van der Waals surface area (Å²) < 4.78 is 5.25. The zero-order chi connectivity index (χ0) is 9.68. The van der Waals surface area contributed by atoms with Crippen LogP contribution in [0.5, 0.6) is 0 Å². The second kappa shape index (κ2) is 5.19. The van der Waals surface area contributed by atoms with E-state index in [1.54, 1.807) is 0 Å². The molecule has 1 aliphatic rings. The van der Waals surface area contributed by atoms with Crippen LogP contribution < -0.4 is 5.73 Å². The highest BCUT2D eigenvalue weighted by atomic mass is 16.5. The SMILES string of the molecule is CC(N)CC(=O)N1CCCOCC1. The van der Waals surface area contributed by atoms with Crippen LogP contribution >= 0.6 is 0 Å². The van der Waals surface area contributed by atoms with E-state index in [4.69, 9.17) is 10.5 Å². The lowest BCUT2D eigenvalue weighted by atomic mass is 10.2. The monoisotopic (exact) mass is 186 g/mol. The number of carbonyl (C=O) groups excluding carboxylic acids is 1. The third-order valence-electron chi connectivity index (χ3n) is 2.07. The van der Waals surface area contributed by atoms with Crippen molar-refractivity contribution >= 4 is 5.91 Å². The number of rotatable bonds is 2. The maximum Gasteiger partial charge on any atom is 0.224 e. The first kappa shape index (κ1) is 10.5. The predicted molar refractivity (Wildman–Crippen MR) is 50.3 cm³/mol. The van der Waals surface area contributed by atoms with Gasteiger partial charge in [0.2, 0.25) is 5.91 Å². The van der Waals surface area contributed by atoms with E-state index in [9.17, 15) is 4.79 Å². The Labute approximate surface area is 79.0 Å². The summed E-state index contributed by atoms with van der Waals surface area (Å²) in [6.07, 6.45) is 1.38. The van der Waals surface area contributed by atoms with Gasteiger partial charge in [0.25, 0.3) is 0 Å². The Kier molecular flexibility index (Phi) is 4.18. The highest BCUT2D eigenvalue weighted by Gasteiger charge is 2.16. The van der Waals surface area contributed by atoms with Gasteiger partial charge in [0.05, 0.1) is 6.61 Å². The number of amides is 1. The van der Waals surface area contributed by atoms with Crippen LogP contribution in [0.3, 0.4) is 0 Å². The highest BCUT2D eigenvalue weighted by molar-refractivity contribution is 5.76. The Morgan fingerprint density at radius 2 is 2.31 bits per heavy atom. The van der Waals surface area contributed by atoms with Crippen LogP contribution in [-0.2, 0) is 9.53 Å². The first-order valence-corrected chi connectivity index (χ1v) is 4.81. The van der Waals surface area contributed by atoms with Gasteiger partial charge in [-0.25, -0.2) is 0 Å². The van der Waals surface area contributed by atoms with Gasteiger partial charge in [-0.1, -0.05) is 0 Å². The summed E-state index contributed by atoms with van der Waals surface area (Å²) in [7, 11) is 0.